The predicted octanol–water partition coefficient (Wildman–Crippen LogP) is 2.53. The van der Waals surface area contributed by atoms with Crippen molar-refractivity contribution in [3.05, 3.63) is 46.7 Å². The van der Waals surface area contributed by atoms with E-state index in [-0.39, 0.29) is 5.91 Å². The highest BCUT2D eigenvalue weighted by atomic mass is 35.5. The van der Waals surface area contributed by atoms with Crippen LogP contribution in [0.1, 0.15) is 15.9 Å². The lowest BCUT2D eigenvalue weighted by Crippen LogP contribution is -2.37. The first-order chi connectivity index (χ1) is 11.1. The minimum atomic E-state index is -0.265. The topological polar surface area (TPSA) is 67.4 Å². The van der Waals surface area contributed by atoms with Crippen LogP contribution in [-0.2, 0) is 4.74 Å². The molecule has 0 radical (unpaired) electrons. The molecule has 6 nitrogen and oxygen atoms in total. The van der Waals surface area contributed by atoms with Gasteiger partial charge in [-0.25, -0.2) is 9.97 Å². The molecule has 1 amide bonds. The molecule has 2 aromatic rings. The number of halogens is 1. The maximum absolute atomic E-state index is 12.2. The van der Waals surface area contributed by atoms with Crippen molar-refractivity contribution in [1.29, 1.82) is 0 Å². The lowest BCUT2D eigenvalue weighted by atomic mass is 10.2. The molecule has 0 unspecified atom stereocenters. The summed E-state index contributed by atoms with van der Waals surface area (Å²) in [6.45, 7) is 4.76. The first-order valence-corrected chi connectivity index (χ1v) is 7.73. The predicted molar refractivity (Wildman–Crippen MR) is 89.2 cm³/mol. The van der Waals surface area contributed by atoms with E-state index < -0.39 is 0 Å². The third kappa shape index (κ3) is 3.78. The number of rotatable bonds is 3. The summed E-state index contributed by atoms with van der Waals surface area (Å²) in [4.78, 5) is 22.8. The van der Waals surface area contributed by atoms with Crippen molar-refractivity contribution in [1.82, 2.24) is 9.97 Å². The van der Waals surface area contributed by atoms with Gasteiger partial charge in [-0.3, -0.25) is 4.79 Å². The average Bonchev–Trinajstić information content (AvgIpc) is 2.59. The number of nitrogens with zero attached hydrogens (tertiary/aromatic N) is 3. The molecule has 1 N–H and O–H groups in total. The number of nitrogens with one attached hydrogen (secondary N) is 1. The number of benzene rings is 1. The number of carbonyl (C=O) groups is 1. The second-order valence-corrected chi connectivity index (χ2v) is 5.70. The Morgan fingerprint density at radius 1 is 1.26 bits per heavy atom. The SMILES string of the molecule is Cc1ccc(NC(=O)c2cnc(N3CCOCC3)nc2)cc1Cl. The smallest absolute Gasteiger partial charge is 0.258 e. The van der Waals surface area contributed by atoms with Gasteiger partial charge in [0.05, 0.1) is 18.8 Å². The molecule has 0 atom stereocenters. The molecule has 1 fully saturated rings. The van der Waals surface area contributed by atoms with Gasteiger partial charge in [-0.2, -0.15) is 0 Å². The van der Waals surface area contributed by atoms with Crippen molar-refractivity contribution < 1.29 is 9.53 Å². The number of aryl methyl sites for hydroxylation is 1. The Hall–Kier alpha value is -2.18. The van der Waals surface area contributed by atoms with Crippen LogP contribution in [0.15, 0.2) is 30.6 Å². The number of carbonyl (C=O) groups excluding carboxylic acids is 1. The standard InChI is InChI=1S/C16H17ClN4O2/c1-11-2-3-13(8-14(11)17)20-15(22)12-9-18-16(19-10-12)21-4-6-23-7-5-21/h2-3,8-10H,4-7H2,1H3,(H,20,22). The number of ether oxygens (including phenoxy) is 1. The van der Waals surface area contributed by atoms with E-state index in [1.807, 2.05) is 24.0 Å². The highest BCUT2D eigenvalue weighted by Crippen LogP contribution is 2.20. The average molecular weight is 333 g/mol. The van der Waals surface area contributed by atoms with Crippen LogP contribution in [-0.4, -0.2) is 42.2 Å². The third-order valence-corrected chi connectivity index (χ3v) is 4.03. The number of hydrogen-bond donors (Lipinski definition) is 1. The number of amides is 1. The Kier molecular flexibility index (Phi) is 4.73. The molecule has 120 valence electrons. The van der Waals surface area contributed by atoms with Crippen LogP contribution in [0.2, 0.25) is 5.02 Å². The zero-order valence-electron chi connectivity index (χ0n) is 12.8. The summed E-state index contributed by atoms with van der Waals surface area (Å²) in [5.74, 6) is 0.349. The summed E-state index contributed by atoms with van der Waals surface area (Å²) in [6.07, 6.45) is 3.06. The fraction of sp³-hybridized carbons (Fsp3) is 0.312. The van der Waals surface area contributed by atoms with Gasteiger partial charge in [0.2, 0.25) is 5.95 Å². The Balaban J connectivity index is 1.68. The molecule has 0 bridgehead atoms. The normalized spacial score (nSPS) is 14.6. The zero-order chi connectivity index (χ0) is 16.2. The van der Waals surface area contributed by atoms with E-state index in [4.69, 9.17) is 16.3 Å². The summed E-state index contributed by atoms with van der Waals surface area (Å²) in [5, 5.41) is 3.40. The van der Waals surface area contributed by atoms with Gasteiger partial charge in [-0.05, 0) is 24.6 Å². The maximum atomic E-state index is 12.2. The number of morpholine rings is 1. The first-order valence-electron chi connectivity index (χ1n) is 7.36. The van der Waals surface area contributed by atoms with E-state index in [0.29, 0.717) is 35.4 Å². The minimum absolute atomic E-state index is 0.265. The Morgan fingerprint density at radius 3 is 2.61 bits per heavy atom. The fourth-order valence-corrected chi connectivity index (χ4v) is 2.42. The van der Waals surface area contributed by atoms with Crippen molar-refractivity contribution in [2.24, 2.45) is 0 Å². The molecule has 1 aromatic carbocycles. The van der Waals surface area contributed by atoms with Gasteiger partial charge in [-0.15, -0.1) is 0 Å². The maximum Gasteiger partial charge on any atom is 0.258 e. The van der Waals surface area contributed by atoms with Gasteiger partial charge in [-0.1, -0.05) is 17.7 Å². The van der Waals surface area contributed by atoms with Crippen LogP contribution in [0, 0.1) is 6.92 Å². The molecule has 1 saturated heterocycles. The van der Waals surface area contributed by atoms with Gasteiger partial charge < -0.3 is 15.0 Å². The van der Waals surface area contributed by atoms with Crippen LogP contribution in [0.3, 0.4) is 0 Å². The molecular formula is C16H17ClN4O2. The number of hydrogen-bond acceptors (Lipinski definition) is 5. The van der Waals surface area contributed by atoms with Crippen LogP contribution in [0.5, 0.6) is 0 Å². The molecule has 0 spiro atoms. The second kappa shape index (κ2) is 6.93. The molecule has 0 saturated carbocycles. The number of anilines is 2. The number of aromatic nitrogens is 2. The van der Waals surface area contributed by atoms with Crippen molar-refractivity contribution in [2.75, 3.05) is 36.5 Å². The van der Waals surface area contributed by atoms with Gasteiger partial charge in [0, 0.05) is 36.2 Å². The van der Waals surface area contributed by atoms with Crippen molar-refractivity contribution in [3.8, 4) is 0 Å². The molecule has 1 aliphatic heterocycles. The molecule has 23 heavy (non-hydrogen) atoms. The minimum Gasteiger partial charge on any atom is -0.378 e. The highest BCUT2D eigenvalue weighted by Gasteiger charge is 2.15. The van der Waals surface area contributed by atoms with E-state index in [9.17, 15) is 4.79 Å². The first kappa shape index (κ1) is 15.7. The van der Waals surface area contributed by atoms with Crippen LogP contribution in [0.4, 0.5) is 11.6 Å². The molecule has 0 aliphatic carbocycles. The molecule has 1 aromatic heterocycles. The van der Waals surface area contributed by atoms with Gasteiger partial charge in [0.25, 0.3) is 5.91 Å². The van der Waals surface area contributed by atoms with Gasteiger partial charge >= 0.3 is 0 Å². The summed E-state index contributed by atoms with van der Waals surface area (Å²) < 4.78 is 5.30. The van der Waals surface area contributed by atoms with Crippen LogP contribution >= 0.6 is 11.6 Å². The summed E-state index contributed by atoms with van der Waals surface area (Å²) in [7, 11) is 0. The monoisotopic (exact) mass is 332 g/mol. The van der Waals surface area contributed by atoms with E-state index in [2.05, 4.69) is 15.3 Å². The van der Waals surface area contributed by atoms with Crippen LogP contribution < -0.4 is 10.2 Å². The van der Waals surface area contributed by atoms with E-state index >= 15 is 0 Å². The lowest BCUT2D eigenvalue weighted by Gasteiger charge is -2.26. The summed E-state index contributed by atoms with van der Waals surface area (Å²) in [5.41, 5.74) is 2.00. The Morgan fingerprint density at radius 2 is 1.96 bits per heavy atom. The Bertz CT molecular complexity index is 700. The van der Waals surface area contributed by atoms with Crippen LogP contribution in [0.25, 0.3) is 0 Å². The van der Waals surface area contributed by atoms with Crippen molar-refractivity contribution in [2.45, 2.75) is 6.92 Å². The molecular weight excluding hydrogens is 316 g/mol. The van der Waals surface area contributed by atoms with E-state index in [1.165, 1.54) is 12.4 Å². The van der Waals surface area contributed by atoms with Crippen molar-refractivity contribution in [3.63, 3.8) is 0 Å². The lowest BCUT2D eigenvalue weighted by molar-refractivity contribution is 0.102. The van der Waals surface area contributed by atoms with Crippen molar-refractivity contribution >= 4 is 29.1 Å². The summed E-state index contributed by atoms with van der Waals surface area (Å²) in [6, 6.07) is 5.38. The third-order valence-electron chi connectivity index (χ3n) is 3.62. The molecule has 7 heteroatoms. The zero-order valence-corrected chi connectivity index (χ0v) is 13.5. The quantitative estimate of drug-likeness (QED) is 0.935. The molecule has 2 heterocycles. The second-order valence-electron chi connectivity index (χ2n) is 5.29. The van der Waals surface area contributed by atoms with E-state index in [1.54, 1.807) is 6.07 Å². The Labute approximate surface area is 139 Å². The van der Waals surface area contributed by atoms with Gasteiger partial charge in [0.1, 0.15) is 0 Å². The molecule has 3 rings (SSSR count). The fourth-order valence-electron chi connectivity index (χ4n) is 2.24. The highest BCUT2D eigenvalue weighted by molar-refractivity contribution is 6.31. The summed E-state index contributed by atoms with van der Waals surface area (Å²) >= 11 is 6.06. The van der Waals surface area contributed by atoms with E-state index in [0.717, 1.165) is 18.7 Å². The van der Waals surface area contributed by atoms with Gasteiger partial charge in [0.15, 0.2) is 0 Å². The largest absolute Gasteiger partial charge is 0.378 e. The molecule has 1 aliphatic rings.